The Hall–Kier alpha value is -4.73. The number of anilines is 1. The highest BCUT2D eigenvalue weighted by Crippen LogP contribution is 2.47. The first-order chi connectivity index (χ1) is 24.3. The Bertz CT molecular complexity index is 1810. The molecule has 0 aromatic heterocycles. The molecule has 284 valence electrons. The monoisotopic (exact) mass is 745 g/mol. The summed E-state index contributed by atoms with van der Waals surface area (Å²) in [7, 11) is -3.68. The largest absolute Gasteiger partial charge is 0.478 e. The van der Waals surface area contributed by atoms with Crippen LogP contribution in [0.2, 0.25) is 0 Å². The predicted octanol–water partition coefficient (Wildman–Crippen LogP) is 4.09. The summed E-state index contributed by atoms with van der Waals surface area (Å²) in [4.78, 5) is 62.2. The number of carboxylic acids is 1. The molecule has 2 saturated carbocycles. The fraction of sp³-hybridized carbons (Fsp3) is 0.528. The number of hydrogen-bond acceptors (Lipinski definition) is 8. The molecule has 6 N–H and O–H groups in total. The van der Waals surface area contributed by atoms with Crippen molar-refractivity contribution in [3.63, 3.8) is 0 Å². The fourth-order valence-electron chi connectivity index (χ4n) is 6.38. The van der Waals surface area contributed by atoms with Crippen LogP contribution in [-0.4, -0.2) is 81.6 Å². The number of nitrogens with two attached hydrogens (primary N) is 1. The number of benzene rings is 2. The number of nitrogen functional groups attached to an aromatic ring is 1. The standard InChI is InChI=1S/C20H33N3O5S.C9H8FNO2.C7H7NO2/c1-5-13-11-20(13,18(26)22-29(27,28)14-8-9-14)21-17(25)15-7-6-10-23(15)16(24)12-19(2,3)4;10-8-3-1-2-6-4-11(9(12)13)5-7(6)8;8-6-3-1-2-5(4-6)7(9)10/h13-15H,5-12H2,1-4H3,(H,21,25)(H,22,26);1-3H,4-5H2,(H,12,13);1-4H,8H2,(H,9,10). The molecule has 2 aromatic carbocycles. The molecule has 3 fully saturated rings. The maximum Gasteiger partial charge on any atom is 0.407 e. The summed E-state index contributed by atoms with van der Waals surface area (Å²) in [6.45, 7) is 8.83. The minimum absolute atomic E-state index is 0.0622. The van der Waals surface area contributed by atoms with Crippen molar-refractivity contribution in [3.05, 3.63) is 65.0 Å². The second-order valence-electron chi connectivity index (χ2n) is 14.9. The Kier molecular flexibility index (Phi) is 12.2. The summed E-state index contributed by atoms with van der Waals surface area (Å²) in [6.07, 6.45) is 2.84. The number of halogens is 1. The highest BCUT2D eigenvalue weighted by Gasteiger charge is 2.61. The first-order valence-electron chi connectivity index (χ1n) is 17.3. The van der Waals surface area contributed by atoms with E-state index < -0.39 is 44.8 Å². The maximum atomic E-state index is 13.1. The van der Waals surface area contributed by atoms with Crippen LogP contribution in [0.5, 0.6) is 0 Å². The summed E-state index contributed by atoms with van der Waals surface area (Å²) in [5, 5.41) is 19.5. The van der Waals surface area contributed by atoms with Gasteiger partial charge in [-0.2, -0.15) is 0 Å². The lowest BCUT2D eigenvalue weighted by molar-refractivity contribution is -0.141. The van der Waals surface area contributed by atoms with Crippen molar-refractivity contribution < 1.29 is 47.0 Å². The zero-order valence-electron chi connectivity index (χ0n) is 29.9. The molecule has 4 aliphatic rings. The predicted molar refractivity (Wildman–Crippen MR) is 190 cm³/mol. The van der Waals surface area contributed by atoms with Crippen molar-refractivity contribution in [2.75, 3.05) is 12.3 Å². The molecular weight excluding hydrogens is 697 g/mol. The van der Waals surface area contributed by atoms with Crippen molar-refractivity contribution in [3.8, 4) is 0 Å². The second kappa shape index (κ2) is 15.9. The maximum absolute atomic E-state index is 13.1. The average Bonchev–Trinajstić information content (AvgIpc) is 3.93. The van der Waals surface area contributed by atoms with E-state index in [4.69, 9.17) is 15.9 Å². The summed E-state index contributed by atoms with van der Waals surface area (Å²) in [5.74, 6) is -2.43. The minimum Gasteiger partial charge on any atom is -0.478 e. The van der Waals surface area contributed by atoms with Gasteiger partial charge in [0.15, 0.2) is 0 Å². The van der Waals surface area contributed by atoms with E-state index in [1.54, 1.807) is 29.2 Å². The van der Waals surface area contributed by atoms with Gasteiger partial charge in [-0.15, -0.1) is 0 Å². The van der Waals surface area contributed by atoms with Gasteiger partial charge in [0, 0.05) is 30.8 Å². The average molecular weight is 746 g/mol. The molecule has 4 amide bonds. The fourth-order valence-corrected chi connectivity index (χ4v) is 7.74. The first-order valence-corrected chi connectivity index (χ1v) is 18.8. The summed E-state index contributed by atoms with van der Waals surface area (Å²) in [6, 6.07) is 10.3. The SMILES string of the molecule is CCC1CC1(NC(=O)C1CCCN1C(=O)CC(C)(C)C)C(=O)NS(=O)(=O)C1CC1.Nc1cccc(C(=O)O)c1.O=C(O)N1Cc2cccc(F)c2C1. The number of nitrogens with one attached hydrogen (secondary N) is 2. The van der Waals surface area contributed by atoms with Gasteiger partial charge in [0.1, 0.15) is 17.4 Å². The number of nitrogens with zero attached hydrogens (tertiary/aromatic N) is 2. The van der Waals surface area contributed by atoms with Gasteiger partial charge in [-0.3, -0.25) is 24.0 Å². The Balaban J connectivity index is 0.000000214. The molecule has 0 spiro atoms. The van der Waals surface area contributed by atoms with Crippen molar-refractivity contribution in [1.29, 1.82) is 0 Å². The van der Waals surface area contributed by atoms with E-state index in [1.165, 1.54) is 23.1 Å². The molecule has 0 bridgehead atoms. The number of hydrogen-bond donors (Lipinski definition) is 5. The van der Waals surface area contributed by atoms with Gasteiger partial charge >= 0.3 is 12.1 Å². The van der Waals surface area contributed by atoms with Crippen LogP contribution in [0.3, 0.4) is 0 Å². The van der Waals surface area contributed by atoms with Crippen LogP contribution in [0.25, 0.3) is 0 Å². The third-order valence-electron chi connectivity index (χ3n) is 9.44. The van der Waals surface area contributed by atoms with Crippen LogP contribution in [0.4, 0.5) is 14.9 Å². The normalized spacial score (nSPS) is 21.8. The molecule has 2 heterocycles. The zero-order chi connectivity index (χ0) is 38.6. The minimum atomic E-state index is -3.68. The first kappa shape index (κ1) is 40.0. The molecule has 14 nitrogen and oxygen atoms in total. The summed E-state index contributed by atoms with van der Waals surface area (Å²) < 4.78 is 39.7. The van der Waals surface area contributed by atoms with Crippen LogP contribution >= 0.6 is 0 Å². The van der Waals surface area contributed by atoms with Gasteiger partial charge in [0.25, 0.3) is 5.91 Å². The lowest BCUT2D eigenvalue weighted by atomic mass is 9.91. The molecule has 1 saturated heterocycles. The third kappa shape index (κ3) is 9.98. The van der Waals surface area contributed by atoms with Gasteiger partial charge in [-0.25, -0.2) is 22.4 Å². The van der Waals surface area contributed by atoms with Crippen molar-refractivity contribution in [2.24, 2.45) is 11.3 Å². The van der Waals surface area contributed by atoms with E-state index in [9.17, 15) is 36.8 Å². The summed E-state index contributed by atoms with van der Waals surface area (Å²) in [5.41, 5.74) is 5.93. The Morgan fingerprint density at radius 3 is 2.21 bits per heavy atom. The number of carbonyl (C=O) groups is 5. The molecule has 2 aliphatic carbocycles. The van der Waals surface area contributed by atoms with Crippen molar-refractivity contribution in [2.45, 2.75) is 103 Å². The number of aromatic carboxylic acids is 1. The lowest BCUT2D eigenvalue weighted by Gasteiger charge is -2.29. The molecular formula is C36H48FN5O9S. The molecule has 16 heteroatoms. The molecule has 52 heavy (non-hydrogen) atoms. The van der Waals surface area contributed by atoms with Crippen molar-refractivity contribution >= 4 is 45.5 Å². The quantitative estimate of drug-likeness (QED) is 0.244. The van der Waals surface area contributed by atoms with Gasteiger partial charge in [-0.1, -0.05) is 52.3 Å². The zero-order valence-corrected chi connectivity index (χ0v) is 30.7. The van der Waals surface area contributed by atoms with Crippen molar-refractivity contribution in [1.82, 2.24) is 19.8 Å². The van der Waals surface area contributed by atoms with Crippen LogP contribution < -0.4 is 15.8 Å². The number of rotatable bonds is 8. The molecule has 6 rings (SSSR count). The topological polar surface area (TPSA) is 217 Å². The number of amides is 4. The van der Waals surface area contributed by atoms with E-state index >= 15 is 0 Å². The van der Waals surface area contributed by atoms with E-state index in [2.05, 4.69) is 10.0 Å². The number of carbonyl (C=O) groups excluding carboxylic acids is 3. The van der Waals surface area contributed by atoms with E-state index in [0.29, 0.717) is 62.9 Å². The molecule has 2 aliphatic heterocycles. The van der Waals surface area contributed by atoms with Gasteiger partial charge in [-0.05, 0) is 73.3 Å². The summed E-state index contributed by atoms with van der Waals surface area (Å²) >= 11 is 0. The highest BCUT2D eigenvalue weighted by molar-refractivity contribution is 7.91. The van der Waals surface area contributed by atoms with E-state index in [-0.39, 0.29) is 41.1 Å². The molecule has 3 unspecified atom stereocenters. The van der Waals surface area contributed by atoms with Crippen LogP contribution in [0.15, 0.2) is 42.5 Å². The van der Waals surface area contributed by atoms with Gasteiger partial charge < -0.3 is 26.2 Å². The van der Waals surface area contributed by atoms with Gasteiger partial charge in [0.05, 0.1) is 17.4 Å². The van der Waals surface area contributed by atoms with E-state index in [1.807, 2.05) is 27.7 Å². The number of carboxylic acid groups (broad SMARTS) is 2. The third-order valence-corrected chi connectivity index (χ3v) is 11.3. The number of likely N-dealkylation sites (tertiary alicyclic amines) is 1. The Morgan fingerprint density at radius 2 is 1.69 bits per heavy atom. The van der Waals surface area contributed by atoms with Crippen LogP contribution in [0.1, 0.15) is 94.1 Å². The number of fused-ring (bicyclic) bond motifs is 1. The second-order valence-corrected chi connectivity index (χ2v) is 16.8. The van der Waals surface area contributed by atoms with Gasteiger partial charge in [0.2, 0.25) is 21.8 Å². The Labute approximate surface area is 303 Å². The number of sulfonamides is 1. The molecule has 0 radical (unpaired) electrons. The van der Waals surface area contributed by atoms with E-state index in [0.717, 1.165) is 12.0 Å². The highest BCUT2D eigenvalue weighted by atomic mass is 32.2. The molecule has 3 atom stereocenters. The van der Waals surface area contributed by atoms with Crippen LogP contribution in [-0.2, 0) is 37.5 Å². The lowest BCUT2D eigenvalue weighted by Crippen LogP contribution is -2.56. The molecule has 2 aromatic rings. The smallest absolute Gasteiger partial charge is 0.407 e. The Morgan fingerprint density at radius 1 is 1.02 bits per heavy atom. The van der Waals surface area contributed by atoms with Crippen LogP contribution in [0, 0.1) is 17.2 Å².